The van der Waals surface area contributed by atoms with E-state index in [1.165, 1.54) is 40.7 Å². The van der Waals surface area contributed by atoms with E-state index >= 15 is 4.39 Å². The lowest BCUT2D eigenvalue weighted by molar-refractivity contribution is -0.144. The van der Waals surface area contributed by atoms with Gasteiger partial charge in [0.15, 0.2) is 16.0 Å². The first-order valence-corrected chi connectivity index (χ1v) is 32.5. The predicted octanol–water partition coefficient (Wildman–Crippen LogP) is 12.3. The number of carbonyl (C=O) groups excluding carboxylic acids is 5. The van der Waals surface area contributed by atoms with Crippen molar-refractivity contribution in [2.24, 2.45) is 5.41 Å². The maximum absolute atomic E-state index is 15.5. The molecule has 0 unspecified atom stereocenters. The average molecular weight is 1250 g/mol. The number of para-hydroxylation sites is 1. The lowest BCUT2D eigenvalue weighted by Crippen LogP contribution is -2.57. The van der Waals surface area contributed by atoms with Crippen LogP contribution in [0.3, 0.4) is 0 Å². The summed E-state index contributed by atoms with van der Waals surface area (Å²) in [6.07, 6.45) is 7.67. The van der Waals surface area contributed by atoms with Gasteiger partial charge < -0.3 is 35.0 Å². The van der Waals surface area contributed by atoms with Crippen LogP contribution in [0.5, 0.6) is 5.75 Å². The number of β-amino-alcohol motifs (C(OH)–C–C–N with tert-alkyl or cyclic N) is 1. The molecule has 0 radical (unpaired) electrons. The first-order valence-electron chi connectivity index (χ1n) is 30.0. The van der Waals surface area contributed by atoms with Gasteiger partial charge in [-0.2, -0.15) is 0 Å². The number of aliphatic hydroxyl groups is 1. The number of anilines is 2. The van der Waals surface area contributed by atoms with Gasteiger partial charge >= 0.3 is 5.97 Å². The maximum atomic E-state index is 15.5. The number of aromatic nitrogens is 4. The fraction of sp³-hybridized carbons (Fsp3) is 0.388. The van der Waals surface area contributed by atoms with Crippen molar-refractivity contribution >= 4 is 84.1 Å². The minimum absolute atomic E-state index is 0.00316. The van der Waals surface area contributed by atoms with Gasteiger partial charge in [0.2, 0.25) is 17.7 Å². The van der Waals surface area contributed by atoms with Gasteiger partial charge in [-0.3, -0.25) is 29.5 Å². The summed E-state index contributed by atoms with van der Waals surface area (Å²) in [7, 11) is 1.34. The summed E-state index contributed by atoms with van der Waals surface area (Å²) in [6, 6.07) is 28.0. The number of methoxy groups -OCH3 is 1. The number of esters is 1. The van der Waals surface area contributed by atoms with Gasteiger partial charge in [-0.15, -0.1) is 22.7 Å². The summed E-state index contributed by atoms with van der Waals surface area (Å²) in [5.74, 6) is -1.55. The van der Waals surface area contributed by atoms with Gasteiger partial charge in [0.25, 0.3) is 5.91 Å². The Morgan fingerprint density at radius 2 is 1.61 bits per heavy atom. The molecule has 0 aliphatic carbocycles. The molecule has 4 aromatic carbocycles. The molecule has 8 aromatic rings. The number of benzene rings is 4. The predicted molar refractivity (Wildman–Crippen MR) is 343 cm³/mol. The highest BCUT2D eigenvalue weighted by atomic mass is 32.1. The molecule has 4 amide bonds. The van der Waals surface area contributed by atoms with Gasteiger partial charge in [0, 0.05) is 54.7 Å². The van der Waals surface area contributed by atoms with E-state index in [1.54, 1.807) is 41.8 Å². The number of thiazole rings is 3. The van der Waals surface area contributed by atoms with E-state index in [0.29, 0.717) is 78.9 Å². The molecule has 4 aromatic heterocycles. The highest BCUT2D eigenvalue weighted by Crippen LogP contribution is 2.35. The smallest absolute Gasteiger partial charge is 0.357 e. The lowest BCUT2D eigenvalue weighted by Gasteiger charge is -2.35. The molecule has 6 heterocycles. The minimum Gasteiger partial charge on any atom is -0.494 e. The van der Waals surface area contributed by atoms with Gasteiger partial charge in [-0.05, 0) is 134 Å². The summed E-state index contributed by atoms with van der Waals surface area (Å²) in [5, 5.41) is 20.9. The Morgan fingerprint density at radius 1 is 0.852 bits per heavy atom. The fourth-order valence-electron chi connectivity index (χ4n) is 11.3. The number of nitrogens with one attached hydrogen (secondary N) is 3. The number of pyridine rings is 1. The number of rotatable bonds is 24. The first kappa shape index (κ1) is 63.1. The molecule has 1 saturated heterocycles. The number of hydrogen-bond donors (Lipinski definition) is 4. The Kier molecular flexibility index (Phi) is 20.4. The lowest BCUT2D eigenvalue weighted by atomic mass is 9.85. The van der Waals surface area contributed by atoms with E-state index in [9.17, 15) is 29.1 Å². The van der Waals surface area contributed by atoms with Crippen molar-refractivity contribution in [2.75, 3.05) is 37.0 Å². The maximum Gasteiger partial charge on any atom is 0.357 e. The number of hydrogen-bond acceptors (Lipinski definition) is 16. The zero-order valence-electron chi connectivity index (χ0n) is 50.4. The second-order valence-electron chi connectivity index (χ2n) is 23.6. The van der Waals surface area contributed by atoms with Crippen LogP contribution in [-0.2, 0) is 44.9 Å². The molecule has 10 rings (SSSR count). The molecule has 88 heavy (non-hydrogen) atoms. The number of amides is 4. The van der Waals surface area contributed by atoms with Crippen LogP contribution in [0.1, 0.15) is 139 Å². The van der Waals surface area contributed by atoms with E-state index in [1.807, 2.05) is 107 Å². The molecule has 0 spiro atoms. The van der Waals surface area contributed by atoms with Gasteiger partial charge in [-0.25, -0.2) is 24.1 Å². The highest BCUT2D eigenvalue weighted by Gasteiger charge is 2.45. The molecule has 17 nitrogen and oxygen atoms in total. The number of aryl methyl sites for hydroxylation is 3. The van der Waals surface area contributed by atoms with Crippen LogP contribution in [0, 0.1) is 18.2 Å². The van der Waals surface area contributed by atoms with E-state index in [2.05, 4.69) is 35.8 Å². The molecule has 0 bridgehead atoms. The normalized spacial score (nSPS) is 15.6. The second-order valence-corrected chi connectivity index (χ2v) is 26.6. The van der Waals surface area contributed by atoms with Gasteiger partial charge in [0.1, 0.15) is 29.3 Å². The van der Waals surface area contributed by atoms with Crippen LogP contribution in [0.2, 0.25) is 0 Å². The van der Waals surface area contributed by atoms with E-state index < -0.39 is 41.3 Å². The van der Waals surface area contributed by atoms with E-state index in [4.69, 9.17) is 14.5 Å². The number of ether oxygens (including phenoxy) is 2. The number of nitrogens with zero attached hydrogens (tertiary/aromatic N) is 6. The topological polar surface area (TPSA) is 218 Å². The summed E-state index contributed by atoms with van der Waals surface area (Å²) in [6.45, 7) is 10.9. The van der Waals surface area contributed by atoms with Crippen LogP contribution in [0.4, 0.5) is 14.7 Å². The van der Waals surface area contributed by atoms with E-state index in [0.717, 1.165) is 79.2 Å². The first-order chi connectivity index (χ1) is 42.4. The number of carbonyl (C=O) groups is 5. The van der Waals surface area contributed by atoms with Crippen molar-refractivity contribution in [3.63, 3.8) is 0 Å². The summed E-state index contributed by atoms with van der Waals surface area (Å²) >= 11 is 4.44. The van der Waals surface area contributed by atoms with Crippen molar-refractivity contribution in [2.45, 2.75) is 136 Å². The Balaban J connectivity index is 0.636. The van der Waals surface area contributed by atoms with Crippen LogP contribution in [0.25, 0.3) is 31.9 Å². The molecule has 0 saturated carbocycles. The van der Waals surface area contributed by atoms with Crippen LogP contribution >= 0.6 is 34.0 Å². The third-order valence-electron chi connectivity index (χ3n) is 16.1. The highest BCUT2D eigenvalue weighted by molar-refractivity contribution is 7.22. The Bertz CT molecular complexity index is 3750. The molecule has 2 aliphatic rings. The molecular weight excluding hydrogens is 1170 g/mol. The number of likely N-dealkylation sites (tertiary alicyclic amines) is 1. The molecular formula is C67H74FN9O8S3. The molecule has 4 N–H and O–H groups in total. The van der Waals surface area contributed by atoms with Crippen LogP contribution in [0.15, 0.2) is 109 Å². The van der Waals surface area contributed by atoms with Gasteiger partial charge in [0.05, 0.1) is 52.2 Å². The van der Waals surface area contributed by atoms with Crippen LogP contribution < -0.4 is 25.6 Å². The van der Waals surface area contributed by atoms with Crippen molar-refractivity contribution in [1.82, 2.24) is 35.5 Å². The standard InChI is InChI=1S/C67H74FN9O8S3/c1-40(43-23-25-46(26-24-43)59-41(2)70-39-86-59)71-62(81)53-35-47(78)37-77(53)63(82)60(67(3,4)5)73-56(79)22-11-9-7-8-10-16-42-34-51(68)57(69-36-42)45-27-29-48(30-28-45)85-33-15-21-55-58(64(83)84-6)74-66(88-55)76-32-31-44-17-14-18-49(50(44)38-76)61(80)75-65-72-52-19-12-13-20-54(52)87-65/h12-14,17-20,23-30,34,36,39-40,47,53,60,78H,7-11,15-16,21-22,31-33,35,37-38H2,1-6H3,(H,71,81)(H,73,79)(H,72,75,80)/t40-,47+,53-,60+/m0/s1. The second kappa shape index (κ2) is 28.5. The Labute approximate surface area is 524 Å². The van der Waals surface area contributed by atoms with Crippen molar-refractivity contribution in [1.29, 1.82) is 0 Å². The van der Waals surface area contributed by atoms with Crippen molar-refractivity contribution < 1.29 is 42.9 Å². The SMILES string of the molecule is COC(=O)c1nc(N2CCc3cccc(C(=O)Nc4nc5ccccc5s4)c3C2)sc1CCCOc1ccc(-c2ncc(CCCCCCCC(=O)N[C@H](C(=O)N3C[C@H](O)C[C@H]3C(=O)N[C@@H](C)c3ccc(-c4scnc4C)cc3)C(C)(C)C)cc2F)cc1. The summed E-state index contributed by atoms with van der Waals surface area (Å²) in [5.41, 5.74) is 9.40. The zero-order valence-corrected chi connectivity index (χ0v) is 52.8. The fourth-order valence-corrected chi connectivity index (χ4v) is 14.1. The minimum atomic E-state index is -0.905. The number of aliphatic hydroxyl groups excluding tert-OH is 1. The molecule has 460 valence electrons. The number of halogens is 1. The zero-order chi connectivity index (χ0) is 62.1. The van der Waals surface area contributed by atoms with Crippen molar-refractivity contribution in [3.05, 3.63) is 159 Å². The number of fused-ring (bicyclic) bond motifs is 2. The summed E-state index contributed by atoms with van der Waals surface area (Å²) in [4.78, 5) is 91.4. The Morgan fingerprint density at radius 3 is 2.35 bits per heavy atom. The van der Waals surface area contributed by atoms with E-state index in [-0.39, 0.29) is 54.5 Å². The quantitative estimate of drug-likeness (QED) is 0.0327. The van der Waals surface area contributed by atoms with Gasteiger partial charge in [-0.1, -0.05) is 99.9 Å². The average Bonchev–Trinajstić information content (AvgIpc) is 3.08. The molecule has 2 aliphatic heterocycles. The third kappa shape index (κ3) is 15.3. The molecule has 21 heteroatoms. The molecule has 1 fully saturated rings. The largest absolute Gasteiger partial charge is 0.494 e. The van der Waals surface area contributed by atoms with Crippen molar-refractivity contribution in [3.8, 4) is 27.4 Å². The third-order valence-corrected chi connectivity index (χ3v) is 19.2. The number of unbranched alkanes of at least 4 members (excludes halogenated alkanes) is 4. The molecule has 4 atom stereocenters. The Hall–Kier alpha value is -7.98. The summed E-state index contributed by atoms with van der Waals surface area (Å²) < 4.78 is 27.8. The monoisotopic (exact) mass is 1250 g/mol. The van der Waals surface area contributed by atoms with Crippen LogP contribution in [-0.4, -0.2) is 105 Å².